The molecule has 0 saturated heterocycles. The van der Waals surface area contributed by atoms with Crippen molar-refractivity contribution >= 4 is 33.4 Å². The number of hydrogen-bond acceptors (Lipinski definition) is 5. The molecule has 0 fully saturated rings. The standard InChI is InChI=1S/C24H29N3O5S/c1-24(2,3)32-23(28)26-22(15-17-9-12-20(13-10-17)27-33(29,30)31)21-14-11-19(16-25-21)18-7-5-4-6-8-18/h4-10,12-13,16,22,27H,11,14-15H2,1-3H3,(H,26,28)(H,29,30,31)/t22-/m0/s1. The molecule has 9 heteroatoms. The summed E-state index contributed by atoms with van der Waals surface area (Å²) in [7, 11) is -4.34. The number of alkyl carbamates (subject to hydrolysis) is 1. The van der Waals surface area contributed by atoms with Gasteiger partial charge in [0, 0.05) is 11.9 Å². The number of aliphatic imine (C=N–C) groups is 1. The Bertz CT molecular complexity index is 1130. The number of carbonyl (C=O) groups excluding carboxylic acids is 1. The number of nitrogens with one attached hydrogen (secondary N) is 2. The molecular formula is C24H29N3O5S. The van der Waals surface area contributed by atoms with E-state index in [2.05, 4.69) is 10.3 Å². The van der Waals surface area contributed by atoms with Crippen LogP contribution in [0, 0.1) is 0 Å². The molecule has 0 aliphatic carbocycles. The van der Waals surface area contributed by atoms with Gasteiger partial charge in [0.2, 0.25) is 0 Å². The van der Waals surface area contributed by atoms with Gasteiger partial charge >= 0.3 is 16.4 Å². The molecule has 0 bridgehead atoms. The van der Waals surface area contributed by atoms with Crippen LogP contribution in [-0.2, 0) is 21.5 Å². The van der Waals surface area contributed by atoms with E-state index in [1.165, 1.54) is 0 Å². The lowest BCUT2D eigenvalue weighted by Gasteiger charge is -2.26. The third-order valence-electron chi connectivity index (χ3n) is 4.92. The van der Waals surface area contributed by atoms with Gasteiger partial charge in [-0.2, -0.15) is 8.42 Å². The molecule has 0 aromatic heterocycles. The Kier molecular flexibility index (Phi) is 7.55. The topological polar surface area (TPSA) is 117 Å². The van der Waals surface area contributed by atoms with Crippen LogP contribution in [0.5, 0.6) is 0 Å². The highest BCUT2D eigenvalue weighted by molar-refractivity contribution is 7.87. The summed E-state index contributed by atoms with van der Waals surface area (Å²) >= 11 is 0. The van der Waals surface area contributed by atoms with Gasteiger partial charge < -0.3 is 10.1 Å². The first-order chi connectivity index (χ1) is 15.5. The number of carbonyl (C=O) groups is 1. The largest absolute Gasteiger partial charge is 0.444 e. The molecule has 0 spiro atoms. The van der Waals surface area contributed by atoms with Crippen LogP contribution < -0.4 is 10.0 Å². The molecule has 8 nitrogen and oxygen atoms in total. The van der Waals surface area contributed by atoms with Gasteiger partial charge in [-0.1, -0.05) is 42.5 Å². The van der Waals surface area contributed by atoms with E-state index in [0.717, 1.165) is 28.8 Å². The number of allylic oxidation sites excluding steroid dienone is 1. The second-order valence-corrected chi connectivity index (χ2v) is 9.97. The van der Waals surface area contributed by atoms with Gasteiger partial charge in [0.25, 0.3) is 0 Å². The van der Waals surface area contributed by atoms with Gasteiger partial charge in [-0.05, 0) is 68.9 Å². The monoisotopic (exact) mass is 471 g/mol. The molecule has 1 atom stereocenters. The van der Waals surface area contributed by atoms with Gasteiger partial charge in [-0.3, -0.25) is 14.3 Å². The third-order valence-corrected chi connectivity index (χ3v) is 5.41. The predicted molar refractivity (Wildman–Crippen MR) is 130 cm³/mol. The van der Waals surface area contributed by atoms with E-state index in [4.69, 9.17) is 9.29 Å². The number of benzene rings is 2. The van der Waals surface area contributed by atoms with E-state index in [-0.39, 0.29) is 5.69 Å². The van der Waals surface area contributed by atoms with E-state index in [9.17, 15) is 13.2 Å². The SMILES string of the molecule is CC(C)(C)OC(=O)N[C@@H](Cc1ccc(NS(=O)(=O)O)cc1)C1=NC=C(c2ccccc2)CC1. The lowest BCUT2D eigenvalue weighted by atomic mass is 9.93. The minimum Gasteiger partial charge on any atom is -0.444 e. The summed E-state index contributed by atoms with van der Waals surface area (Å²) in [6.07, 6.45) is 3.24. The van der Waals surface area contributed by atoms with Crippen LogP contribution in [0.2, 0.25) is 0 Å². The molecule has 1 amide bonds. The minimum absolute atomic E-state index is 0.239. The van der Waals surface area contributed by atoms with E-state index < -0.39 is 28.0 Å². The first-order valence-electron chi connectivity index (χ1n) is 10.6. The van der Waals surface area contributed by atoms with Crippen molar-refractivity contribution in [2.24, 2.45) is 4.99 Å². The Morgan fingerprint density at radius 1 is 1.09 bits per heavy atom. The Morgan fingerprint density at radius 2 is 1.76 bits per heavy atom. The van der Waals surface area contributed by atoms with Crippen molar-refractivity contribution in [3.05, 3.63) is 71.9 Å². The maximum absolute atomic E-state index is 12.5. The third kappa shape index (κ3) is 8.03. The fraction of sp³-hybridized carbons (Fsp3) is 0.333. The van der Waals surface area contributed by atoms with Gasteiger partial charge in [0.1, 0.15) is 5.60 Å². The Hall–Kier alpha value is -3.17. The van der Waals surface area contributed by atoms with Gasteiger partial charge in [-0.25, -0.2) is 4.79 Å². The molecule has 176 valence electrons. The average Bonchev–Trinajstić information content (AvgIpc) is 2.73. The summed E-state index contributed by atoms with van der Waals surface area (Å²) in [6.45, 7) is 5.40. The zero-order valence-electron chi connectivity index (χ0n) is 18.9. The molecule has 1 aliphatic heterocycles. The first kappa shape index (κ1) is 24.5. The minimum atomic E-state index is -4.34. The maximum atomic E-state index is 12.5. The van der Waals surface area contributed by atoms with Crippen molar-refractivity contribution in [1.82, 2.24) is 5.32 Å². The fourth-order valence-corrected chi connectivity index (χ4v) is 3.92. The Morgan fingerprint density at radius 3 is 2.30 bits per heavy atom. The van der Waals surface area contributed by atoms with E-state index in [1.807, 2.05) is 41.3 Å². The molecule has 2 aromatic carbocycles. The number of anilines is 1. The summed E-state index contributed by atoms with van der Waals surface area (Å²) in [5, 5.41) is 2.93. The highest BCUT2D eigenvalue weighted by atomic mass is 32.2. The van der Waals surface area contributed by atoms with Crippen LogP contribution in [0.15, 0.2) is 65.8 Å². The van der Waals surface area contributed by atoms with Crippen LogP contribution in [0.4, 0.5) is 10.5 Å². The number of rotatable bonds is 7. The molecule has 3 rings (SSSR count). The lowest BCUT2D eigenvalue weighted by Crippen LogP contribution is -2.45. The number of amides is 1. The summed E-state index contributed by atoms with van der Waals surface area (Å²) in [4.78, 5) is 17.1. The van der Waals surface area contributed by atoms with Gasteiger partial charge in [-0.15, -0.1) is 0 Å². The molecule has 0 unspecified atom stereocenters. The molecule has 1 heterocycles. The zero-order chi connectivity index (χ0) is 24.1. The molecule has 33 heavy (non-hydrogen) atoms. The maximum Gasteiger partial charge on any atom is 0.408 e. The second-order valence-electron chi connectivity index (χ2n) is 8.82. The normalized spacial score (nSPS) is 15.2. The molecule has 2 aromatic rings. The fourth-order valence-electron chi connectivity index (χ4n) is 3.48. The lowest BCUT2D eigenvalue weighted by molar-refractivity contribution is 0.0517. The summed E-state index contributed by atoms with van der Waals surface area (Å²) in [5.41, 5.74) is 3.56. The van der Waals surface area contributed by atoms with Crippen LogP contribution in [0.3, 0.4) is 0 Å². The summed E-state index contributed by atoms with van der Waals surface area (Å²) in [6, 6.07) is 16.2. The average molecular weight is 472 g/mol. The van der Waals surface area contributed by atoms with Crippen LogP contribution in [0.1, 0.15) is 44.7 Å². The number of ether oxygens (including phenoxy) is 1. The Labute approximate surface area is 194 Å². The molecular weight excluding hydrogens is 442 g/mol. The smallest absolute Gasteiger partial charge is 0.408 e. The van der Waals surface area contributed by atoms with Crippen molar-refractivity contribution in [3.63, 3.8) is 0 Å². The molecule has 0 radical (unpaired) electrons. The Balaban J connectivity index is 1.80. The van der Waals surface area contributed by atoms with Gasteiger partial charge in [0.05, 0.1) is 11.7 Å². The van der Waals surface area contributed by atoms with Crippen LogP contribution in [-0.4, -0.2) is 36.4 Å². The molecule has 0 saturated carbocycles. The van der Waals surface area contributed by atoms with E-state index in [1.54, 1.807) is 45.0 Å². The van der Waals surface area contributed by atoms with Crippen molar-refractivity contribution in [2.75, 3.05) is 4.72 Å². The van der Waals surface area contributed by atoms with Crippen molar-refractivity contribution in [3.8, 4) is 0 Å². The van der Waals surface area contributed by atoms with Crippen molar-refractivity contribution < 1.29 is 22.5 Å². The predicted octanol–water partition coefficient (Wildman–Crippen LogP) is 4.61. The van der Waals surface area contributed by atoms with Crippen molar-refractivity contribution in [1.29, 1.82) is 0 Å². The van der Waals surface area contributed by atoms with E-state index >= 15 is 0 Å². The summed E-state index contributed by atoms with van der Waals surface area (Å²) in [5.74, 6) is 0. The zero-order valence-corrected chi connectivity index (χ0v) is 19.7. The summed E-state index contributed by atoms with van der Waals surface area (Å²) < 4.78 is 38.4. The first-order valence-corrected chi connectivity index (χ1v) is 12.1. The number of hydrogen-bond donors (Lipinski definition) is 3. The van der Waals surface area contributed by atoms with E-state index in [0.29, 0.717) is 12.8 Å². The van der Waals surface area contributed by atoms with Crippen LogP contribution in [0.25, 0.3) is 5.57 Å². The quantitative estimate of drug-likeness (QED) is 0.510. The highest BCUT2D eigenvalue weighted by Crippen LogP contribution is 2.25. The molecule has 1 aliphatic rings. The van der Waals surface area contributed by atoms with Crippen molar-refractivity contribution in [2.45, 2.75) is 51.7 Å². The van der Waals surface area contributed by atoms with Gasteiger partial charge in [0.15, 0.2) is 0 Å². The highest BCUT2D eigenvalue weighted by Gasteiger charge is 2.24. The molecule has 3 N–H and O–H groups in total. The number of nitrogens with zero attached hydrogens (tertiary/aromatic N) is 1. The van der Waals surface area contributed by atoms with Crippen LogP contribution >= 0.6 is 0 Å². The second kappa shape index (κ2) is 10.2.